The first-order chi connectivity index (χ1) is 10.2. The van der Waals surface area contributed by atoms with E-state index >= 15 is 0 Å². The van der Waals surface area contributed by atoms with Gasteiger partial charge in [-0.1, -0.05) is 5.16 Å². The maximum atomic E-state index is 12.6. The van der Waals surface area contributed by atoms with Crippen LogP contribution in [0.3, 0.4) is 0 Å². The third-order valence-electron chi connectivity index (χ3n) is 4.34. The Labute approximate surface area is 125 Å². The number of carbonyl (C=O) groups excluding carboxylic acids is 1. The van der Waals surface area contributed by atoms with E-state index in [0.717, 1.165) is 70.1 Å². The third-order valence-corrected chi connectivity index (χ3v) is 4.34. The van der Waals surface area contributed by atoms with Crippen LogP contribution >= 0.6 is 0 Å². The van der Waals surface area contributed by atoms with E-state index in [1.54, 1.807) is 0 Å². The molecule has 1 aromatic heterocycles. The van der Waals surface area contributed by atoms with Crippen LogP contribution in [0, 0.1) is 12.8 Å². The standard InChI is InChI=1S/C15H24N4O2/c1-12-9-14(21-17-12)11-18-6-2-3-13(10-18)15(20)19-7-4-16-5-8-19/h9,13,16H,2-8,10-11H2,1H3. The molecular weight excluding hydrogens is 268 g/mol. The summed E-state index contributed by atoms with van der Waals surface area (Å²) in [6, 6.07) is 1.97. The lowest BCUT2D eigenvalue weighted by molar-refractivity contribution is -0.138. The number of piperazine rings is 1. The van der Waals surface area contributed by atoms with Crippen molar-refractivity contribution >= 4 is 5.91 Å². The van der Waals surface area contributed by atoms with Gasteiger partial charge in [0.15, 0.2) is 5.76 Å². The van der Waals surface area contributed by atoms with Crippen molar-refractivity contribution < 1.29 is 9.32 Å². The molecule has 6 heteroatoms. The van der Waals surface area contributed by atoms with Crippen molar-refractivity contribution in [2.24, 2.45) is 5.92 Å². The van der Waals surface area contributed by atoms with E-state index < -0.39 is 0 Å². The van der Waals surface area contributed by atoms with Crippen LogP contribution in [0.15, 0.2) is 10.6 Å². The number of likely N-dealkylation sites (tertiary alicyclic amines) is 1. The van der Waals surface area contributed by atoms with Gasteiger partial charge in [0.25, 0.3) is 0 Å². The molecule has 116 valence electrons. The van der Waals surface area contributed by atoms with E-state index in [1.807, 2.05) is 17.9 Å². The first-order valence-electron chi connectivity index (χ1n) is 7.86. The second-order valence-electron chi connectivity index (χ2n) is 6.08. The van der Waals surface area contributed by atoms with Crippen molar-refractivity contribution in [3.8, 4) is 0 Å². The molecule has 1 amide bonds. The van der Waals surface area contributed by atoms with Crippen LogP contribution < -0.4 is 5.32 Å². The zero-order chi connectivity index (χ0) is 14.7. The van der Waals surface area contributed by atoms with Gasteiger partial charge in [-0.2, -0.15) is 0 Å². The fourth-order valence-corrected chi connectivity index (χ4v) is 3.26. The van der Waals surface area contributed by atoms with Crippen LogP contribution in [0.5, 0.6) is 0 Å². The fourth-order valence-electron chi connectivity index (χ4n) is 3.26. The van der Waals surface area contributed by atoms with Crippen LogP contribution in [0.25, 0.3) is 0 Å². The topological polar surface area (TPSA) is 61.6 Å². The highest BCUT2D eigenvalue weighted by molar-refractivity contribution is 5.79. The van der Waals surface area contributed by atoms with Gasteiger partial charge in [-0.3, -0.25) is 9.69 Å². The highest BCUT2D eigenvalue weighted by atomic mass is 16.5. The molecule has 3 rings (SSSR count). The van der Waals surface area contributed by atoms with Gasteiger partial charge in [0, 0.05) is 38.8 Å². The summed E-state index contributed by atoms with van der Waals surface area (Å²) in [7, 11) is 0. The zero-order valence-corrected chi connectivity index (χ0v) is 12.7. The van der Waals surface area contributed by atoms with Gasteiger partial charge in [-0.05, 0) is 26.3 Å². The van der Waals surface area contributed by atoms with Crippen molar-refractivity contribution in [2.45, 2.75) is 26.3 Å². The number of rotatable bonds is 3. The lowest BCUT2D eigenvalue weighted by Crippen LogP contribution is -2.51. The zero-order valence-electron chi connectivity index (χ0n) is 12.7. The molecule has 0 spiro atoms. The van der Waals surface area contributed by atoms with Gasteiger partial charge >= 0.3 is 0 Å². The SMILES string of the molecule is Cc1cc(CN2CCCC(C(=O)N3CCNCC3)C2)on1. The average molecular weight is 292 g/mol. The van der Waals surface area contributed by atoms with Gasteiger partial charge in [0.05, 0.1) is 18.2 Å². The van der Waals surface area contributed by atoms with E-state index in [9.17, 15) is 4.79 Å². The lowest BCUT2D eigenvalue weighted by Gasteiger charge is -2.36. The van der Waals surface area contributed by atoms with E-state index in [4.69, 9.17) is 4.52 Å². The maximum Gasteiger partial charge on any atom is 0.227 e. The summed E-state index contributed by atoms with van der Waals surface area (Å²) < 4.78 is 5.28. The second-order valence-corrected chi connectivity index (χ2v) is 6.08. The van der Waals surface area contributed by atoms with Crippen LogP contribution in [0.2, 0.25) is 0 Å². The second kappa shape index (κ2) is 6.58. The summed E-state index contributed by atoms with van der Waals surface area (Å²) in [4.78, 5) is 16.9. The molecule has 0 aromatic carbocycles. The van der Waals surface area contributed by atoms with Crippen molar-refractivity contribution in [1.29, 1.82) is 0 Å². The molecule has 2 aliphatic rings. The van der Waals surface area contributed by atoms with Crippen molar-refractivity contribution in [2.75, 3.05) is 39.3 Å². The van der Waals surface area contributed by atoms with Crippen molar-refractivity contribution in [1.82, 2.24) is 20.3 Å². The van der Waals surface area contributed by atoms with E-state index in [0.29, 0.717) is 5.91 Å². The normalized spacial score (nSPS) is 24.2. The number of nitrogens with zero attached hydrogens (tertiary/aromatic N) is 3. The molecule has 1 N–H and O–H groups in total. The van der Waals surface area contributed by atoms with Crippen molar-refractivity contribution in [3.05, 3.63) is 17.5 Å². The van der Waals surface area contributed by atoms with Crippen LogP contribution in [-0.4, -0.2) is 60.1 Å². The number of hydrogen-bond acceptors (Lipinski definition) is 5. The summed E-state index contributed by atoms with van der Waals surface area (Å²) >= 11 is 0. The molecular formula is C15H24N4O2. The highest BCUT2D eigenvalue weighted by Crippen LogP contribution is 2.21. The van der Waals surface area contributed by atoms with Crippen LogP contribution in [0.1, 0.15) is 24.3 Å². The molecule has 1 unspecified atom stereocenters. The summed E-state index contributed by atoms with van der Waals surface area (Å²) in [6.07, 6.45) is 2.09. The Morgan fingerprint density at radius 3 is 2.95 bits per heavy atom. The van der Waals surface area contributed by atoms with Crippen molar-refractivity contribution in [3.63, 3.8) is 0 Å². The first-order valence-corrected chi connectivity index (χ1v) is 7.86. The predicted octanol–water partition coefficient (Wildman–Crippen LogP) is 0.627. The quantitative estimate of drug-likeness (QED) is 0.885. The number of amides is 1. The Morgan fingerprint density at radius 1 is 1.43 bits per heavy atom. The molecule has 0 saturated carbocycles. The molecule has 1 atom stereocenters. The number of aromatic nitrogens is 1. The van der Waals surface area contributed by atoms with E-state index in [2.05, 4.69) is 15.4 Å². The Bertz CT molecular complexity index is 482. The molecule has 21 heavy (non-hydrogen) atoms. The van der Waals surface area contributed by atoms with Gasteiger partial charge in [0.2, 0.25) is 5.91 Å². The van der Waals surface area contributed by atoms with E-state index in [-0.39, 0.29) is 5.92 Å². The fraction of sp³-hybridized carbons (Fsp3) is 0.733. The van der Waals surface area contributed by atoms with E-state index in [1.165, 1.54) is 0 Å². The van der Waals surface area contributed by atoms with Crippen LogP contribution in [0.4, 0.5) is 0 Å². The molecule has 0 bridgehead atoms. The minimum absolute atomic E-state index is 0.140. The molecule has 2 saturated heterocycles. The molecule has 2 fully saturated rings. The summed E-state index contributed by atoms with van der Waals surface area (Å²) in [6.45, 7) is 8.08. The van der Waals surface area contributed by atoms with Gasteiger partial charge in [-0.25, -0.2) is 0 Å². The predicted molar refractivity (Wildman–Crippen MR) is 78.7 cm³/mol. The molecule has 6 nitrogen and oxygen atoms in total. The van der Waals surface area contributed by atoms with Crippen LogP contribution in [-0.2, 0) is 11.3 Å². The average Bonchev–Trinajstić information content (AvgIpc) is 2.93. The minimum Gasteiger partial charge on any atom is -0.360 e. The molecule has 2 aliphatic heterocycles. The number of carbonyl (C=O) groups is 1. The summed E-state index contributed by atoms with van der Waals surface area (Å²) in [5.74, 6) is 1.36. The number of piperidine rings is 1. The summed E-state index contributed by atoms with van der Waals surface area (Å²) in [5, 5.41) is 7.22. The van der Waals surface area contributed by atoms with Gasteiger partial charge in [-0.15, -0.1) is 0 Å². The number of nitrogens with one attached hydrogen (secondary N) is 1. The lowest BCUT2D eigenvalue weighted by atomic mass is 9.96. The first kappa shape index (κ1) is 14.5. The van der Waals surface area contributed by atoms with Gasteiger partial charge < -0.3 is 14.7 Å². The smallest absolute Gasteiger partial charge is 0.227 e. The Morgan fingerprint density at radius 2 is 2.24 bits per heavy atom. The molecule has 3 heterocycles. The summed E-state index contributed by atoms with van der Waals surface area (Å²) in [5.41, 5.74) is 0.912. The largest absolute Gasteiger partial charge is 0.360 e. The molecule has 0 aliphatic carbocycles. The molecule has 1 aromatic rings. The number of aryl methyl sites for hydroxylation is 1. The Balaban J connectivity index is 1.56. The maximum absolute atomic E-state index is 12.6. The van der Waals surface area contributed by atoms with Gasteiger partial charge in [0.1, 0.15) is 0 Å². The third kappa shape index (κ3) is 3.63. The highest BCUT2D eigenvalue weighted by Gasteiger charge is 2.30. The number of hydrogen-bond donors (Lipinski definition) is 1. The molecule has 0 radical (unpaired) electrons. The Kier molecular flexibility index (Phi) is 4.55. The monoisotopic (exact) mass is 292 g/mol. The minimum atomic E-state index is 0.140. The Hall–Kier alpha value is -1.40.